The van der Waals surface area contributed by atoms with Gasteiger partial charge < -0.3 is 5.73 Å². The summed E-state index contributed by atoms with van der Waals surface area (Å²) in [5.74, 6) is 0.145. The number of nitrogens with zero attached hydrogens (tertiary/aromatic N) is 4. The Hall–Kier alpha value is -4.42. The maximum Gasteiger partial charge on any atom is 0.239 e. The Balaban J connectivity index is 1.63. The molecule has 0 unspecified atom stereocenters. The van der Waals surface area contributed by atoms with Gasteiger partial charge in [-0.25, -0.2) is 4.99 Å². The number of likely N-dealkylation sites (N-methyl/N-ethyl adjacent to an activating group) is 1. The lowest BCUT2D eigenvalue weighted by molar-refractivity contribution is -0.130. The van der Waals surface area contributed by atoms with Crippen LogP contribution in [0.4, 0.5) is 0 Å². The zero-order chi connectivity index (χ0) is 24.7. The van der Waals surface area contributed by atoms with Gasteiger partial charge in [-0.1, -0.05) is 42.5 Å². The predicted molar refractivity (Wildman–Crippen MR) is 134 cm³/mol. The van der Waals surface area contributed by atoms with Crippen molar-refractivity contribution in [1.82, 2.24) is 4.90 Å². The van der Waals surface area contributed by atoms with E-state index in [1.807, 2.05) is 43.3 Å². The van der Waals surface area contributed by atoms with E-state index in [1.54, 1.807) is 25.2 Å². The van der Waals surface area contributed by atoms with E-state index in [1.165, 1.54) is 23.3 Å². The quantitative estimate of drug-likeness (QED) is 0.607. The summed E-state index contributed by atoms with van der Waals surface area (Å²) in [6.07, 6.45) is 2.44. The Morgan fingerprint density at radius 1 is 0.943 bits per heavy atom. The van der Waals surface area contributed by atoms with Gasteiger partial charge in [0.05, 0.1) is 29.2 Å². The molecule has 172 valence electrons. The van der Waals surface area contributed by atoms with Crippen LogP contribution in [0.25, 0.3) is 11.1 Å². The number of carbonyl (C=O) groups is 1. The first-order chi connectivity index (χ1) is 16.8. The van der Waals surface area contributed by atoms with Crippen molar-refractivity contribution in [2.45, 2.75) is 37.1 Å². The largest absolute Gasteiger partial charge is 0.369 e. The Kier molecular flexibility index (Phi) is 5.38. The number of guanidine groups is 1. The number of hydrogen-bond donors (Lipinski definition) is 1. The summed E-state index contributed by atoms with van der Waals surface area (Å²) in [4.78, 5) is 19.8. The summed E-state index contributed by atoms with van der Waals surface area (Å²) < 4.78 is 0. The van der Waals surface area contributed by atoms with Crippen molar-refractivity contribution in [3.05, 3.63) is 94.5 Å². The Bertz CT molecular complexity index is 1410. The molecule has 1 fully saturated rings. The normalized spacial score (nSPS) is 21.7. The first kappa shape index (κ1) is 22.4. The molecule has 3 aromatic rings. The zero-order valence-corrected chi connectivity index (χ0v) is 19.7. The van der Waals surface area contributed by atoms with Crippen molar-refractivity contribution in [2.24, 2.45) is 10.7 Å². The number of hydrogen-bond acceptors (Lipinski definition) is 5. The highest BCUT2D eigenvalue weighted by atomic mass is 16.2. The molecule has 1 amide bonds. The van der Waals surface area contributed by atoms with Crippen molar-refractivity contribution in [2.75, 3.05) is 7.05 Å². The summed E-state index contributed by atoms with van der Waals surface area (Å²) in [6, 6.07) is 25.4. The highest BCUT2D eigenvalue weighted by molar-refractivity contribution is 6.02. The van der Waals surface area contributed by atoms with Crippen LogP contribution in [0, 0.1) is 22.7 Å². The molecule has 0 saturated heterocycles. The molecular weight excluding hydrogens is 434 g/mol. The zero-order valence-electron chi connectivity index (χ0n) is 19.7. The van der Waals surface area contributed by atoms with Crippen LogP contribution in [-0.2, 0) is 10.3 Å². The van der Waals surface area contributed by atoms with Gasteiger partial charge in [-0.05, 0) is 77.8 Å². The van der Waals surface area contributed by atoms with Crippen LogP contribution in [0.2, 0.25) is 0 Å². The molecule has 1 aliphatic carbocycles. The summed E-state index contributed by atoms with van der Waals surface area (Å²) in [6.45, 7) is 1.94. The third kappa shape index (κ3) is 3.94. The number of nitriles is 2. The van der Waals surface area contributed by atoms with E-state index < -0.39 is 11.5 Å². The maximum absolute atomic E-state index is 13.6. The second-order valence-corrected chi connectivity index (χ2v) is 9.49. The molecule has 0 aromatic heterocycles. The molecule has 1 heterocycles. The first-order valence-corrected chi connectivity index (χ1v) is 11.6. The molecule has 3 aromatic carbocycles. The topological polar surface area (TPSA) is 106 Å². The van der Waals surface area contributed by atoms with Crippen LogP contribution in [-0.4, -0.2) is 23.8 Å². The van der Waals surface area contributed by atoms with Gasteiger partial charge >= 0.3 is 0 Å². The van der Waals surface area contributed by atoms with E-state index >= 15 is 0 Å². The van der Waals surface area contributed by atoms with Crippen molar-refractivity contribution in [1.29, 1.82) is 10.5 Å². The van der Waals surface area contributed by atoms with Gasteiger partial charge in [0.2, 0.25) is 5.91 Å². The minimum atomic E-state index is -0.935. The fourth-order valence-corrected chi connectivity index (χ4v) is 4.94. The highest BCUT2D eigenvalue weighted by Gasteiger charge is 2.47. The lowest BCUT2D eigenvalue weighted by Crippen LogP contribution is -2.52. The van der Waals surface area contributed by atoms with Crippen LogP contribution in [0.1, 0.15) is 59.4 Å². The summed E-state index contributed by atoms with van der Waals surface area (Å²) in [5, 5.41) is 18.8. The average molecular weight is 460 g/mol. The molecule has 2 N–H and O–H groups in total. The van der Waals surface area contributed by atoms with Crippen LogP contribution in [0.15, 0.2) is 71.7 Å². The second kappa shape index (κ2) is 8.42. The number of rotatable bonds is 4. The van der Waals surface area contributed by atoms with E-state index in [2.05, 4.69) is 24.3 Å². The summed E-state index contributed by atoms with van der Waals surface area (Å²) >= 11 is 0. The Morgan fingerprint density at radius 3 is 2.17 bits per heavy atom. The monoisotopic (exact) mass is 459 g/mol. The number of carbonyl (C=O) groups excluding carboxylic acids is 1. The lowest BCUT2D eigenvalue weighted by atomic mass is 9.73. The summed E-state index contributed by atoms with van der Waals surface area (Å²) in [5.41, 5.74) is 10.7. The smallest absolute Gasteiger partial charge is 0.239 e. The number of benzene rings is 3. The van der Waals surface area contributed by atoms with Crippen LogP contribution >= 0.6 is 0 Å². The van der Waals surface area contributed by atoms with Gasteiger partial charge in [-0.3, -0.25) is 9.69 Å². The number of aliphatic imine (C=N–C) groups is 1. The molecular formula is C29H25N5O. The molecule has 35 heavy (non-hydrogen) atoms. The second-order valence-electron chi connectivity index (χ2n) is 9.49. The molecule has 2 atom stereocenters. The van der Waals surface area contributed by atoms with Gasteiger partial charge in [-0.2, -0.15) is 10.5 Å². The van der Waals surface area contributed by atoms with Crippen LogP contribution < -0.4 is 5.73 Å². The Labute approximate surface area is 204 Å². The first-order valence-electron chi connectivity index (χ1n) is 11.6. The van der Waals surface area contributed by atoms with Gasteiger partial charge in [0.1, 0.15) is 5.54 Å². The van der Waals surface area contributed by atoms with Crippen molar-refractivity contribution in [3.63, 3.8) is 0 Å². The predicted octanol–water partition coefficient (Wildman–Crippen LogP) is 4.76. The molecule has 0 spiro atoms. The SMILES string of the molecule is CN1C(=O)[C@H](c2ccc(C3CC3)cc2)[C@@](C)(c2cccc(-c3cc(C#N)cc(C#N)c3)c2)N=C1N. The van der Waals surface area contributed by atoms with E-state index in [9.17, 15) is 15.3 Å². The fourth-order valence-electron chi connectivity index (χ4n) is 4.94. The minimum absolute atomic E-state index is 0.109. The fraction of sp³-hybridized carbons (Fsp3) is 0.241. The lowest BCUT2D eigenvalue weighted by Gasteiger charge is -2.41. The number of amides is 1. The highest BCUT2D eigenvalue weighted by Crippen LogP contribution is 2.46. The average Bonchev–Trinajstić information content (AvgIpc) is 3.73. The van der Waals surface area contributed by atoms with E-state index in [0.717, 1.165) is 22.3 Å². The molecule has 1 saturated carbocycles. The summed E-state index contributed by atoms with van der Waals surface area (Å²) in [7, 11) is 1.65. The molecule has 0 bridgehead atoms. The Morgan fingerprint density at radius 2 is 1.57 bits per heavy atom. The molecule has 5 rings (SSSR count). The van der Waals surface area contributed by atoms with Gasteiger partial charge in [0.15, 0.2) is 5.96 Å². The maximum atomic E-state index is 13.6. The van der Waals surface area contributed by atoms with Gasteiger partial charge in [-0.15, -0.1) is 0 Å². The van der Waals surface area contributed by atoms with Gasteiger partial charge in [0.25, 0.3) is 0 Å². The van der Waals surface area contributed by atoms with Crippen molar-refractivity contribution in [3.8, 4) is 23.3 Å². The van der Waals surface area contributed by atoms with E-state index in [4.69, 9.17) is 10.7 Å². The third-order valence-corrected chi connectivity index (χ3v) is 7.12. The van der Waals surface area contributed by atoms with Crippen LogP contribution in [0.3, 0.4) is 0 Å². The van der Waals surface area contributed by atoms with E-state index in [-0.39, 0.29) is 11.9 Å². The van der Waals surface area contributed by atoms with E-state index in [0.29, 0.717) is 17.0 Å². The minimum Gasteiger partial charge on any atom is -0.369 e. The van der Waals surface area contributed by atoms with Gasteiger partial charge in [0, 0.05) is 7.05 Å². The molecule has 2 aliphatic rings. The third-order valence-electron chi connectivity index (χ3n) is 7.12. The standard InChI is InChI=1S/C29H25N5O/c1-29(25-5-3-4-23(15-25)24-13-18(16-30)12-19(14-24)17-31)26(27(35)34(2)28(32)33-29)22-10-8-21(9-11-22)20-6-7-20/h3-5,8-15,20,26H,6-7H2,1-2H3,(H2,32,33)/t26-,29+/m0/s1. The van der Waals surface area contributed by atoms with Crippen LogP contribution in [0.5, 0.6) is 0 Å². The number of nitrogens with two attached hydrogens (primary N) is 1. The molecule has 0 radical (unpaired) electrons. The molecule has 6 nitrogen and oxygen atoms in total. The van der Waals surface area contributed by atoms with Crippen molar-refractivity contribution < 1.29 is 4.79 Å². The molecule has 1 aliphatic heterocycles. The molecule has 6 heteroatoms. The van der Waals surface area contributed by atoms with Crippen molar-refractivity contribution >= 4 is 11.9 Å².